The van der Waals surface area contributed by atoms with Crippen LogP contribution in [0.3, 0.4) is 0 Å². The third-order valence-electron chi connectivity index (χ3n) is 2.49. The summed E-state index contributed by atoms with van der Waals surface area (Å²) < 4.78 is 0. The summed E-state index contributed by atoms with van der Waals surface area (Å²) in [5, 5.41) is 11.3. The number of carboxylic acid groups (broad SMARTS) is 1. The van der Waals surface area contributed by atoms with E-state index in [2.05, 4.69) is 10.3 Å². The highest BCUT2D eigenvalue weighted by atomic mass is 16.4. The van der Waals surface area contributed by atoms with Gasteiger partial charge in [-0.2, -0.15) is 0 Å². The molecule has 1 aromatic rings. The highest BCUT2D eigenvalue weighted by Gasteiger charge is 2.18. The van der Waals surface area contributed by atoms with E-state index in [-0.39, 0.29) is 12.3 Å². The molecule has 2 N–H and O–H groups in total. The number of nitrogens with one attached hydrogen (secondary N) is 1. The van der Waals surface area contributed by atoms with Crippen molar-refractivity contribution in [1.82, 2.24) is 10.3 Å². The molecule has 0 saturated heterocycles. The van der Waals surface area contributed by atoms with Gasteiger partial charge in [0.05, 0.1) is 12.1 Å². The number of carboxylic acids is 1. The molecule has 1 rings (SSSR count). The van der Waals surface area contributed by atoms with Crippen molar-refractivity contribution in [3.05, 3.63) is 29.6 Å². The lowest BCUT2D eigenvalue weighted by molar-refractivity contribution is -0.141. The molecule has 1 atom stereocenters. The minimum Gasteiger partial charge on any atom is -0.480 e. The van der Waals surface area contributed by atoms with Gasteiger partial charge < -0.3 is 10.4 Å². The molecule has 0 aromatic carbocycles. The molecule has 5 heteroatoms. The Morgan fingerprint density at radius 3 is 2.76 bits per heavy atom. The molecule has 0 unspecified atom stereocenters. The number of aliphatic carboxylic acids is 1. The van der Waals surface area contributed by atoms with Crippen molar-refractivity contribution in [1.29, 1.82) is 0 Å². The second-order valence-corrected chi connectivity index (χ2v) is 3.81. The molecule has 0 radical (unpaired) electrons. The maximum absolute atomic E-state index is 11.6. The molecule has 0 spiro atoms. The average Bonchev–Trinajstić information content (AvgIpc) is 2.28. The molecule has 5 nitrogen and oxygen atoms in total. The van der Waals surface area contributed by atoms with E-state index in [1.807, 2.05) is 13.0 Å². The van der Waals surface area contributed by atoms with Crippen LogP contribution in [0.4, 0.5) is 0 Å². The molecule has 0 fully saturated rings. The number of rotatable bonds is 5. The molecule has 0 aliphatic carbocycles. The maximum Gasteiger partial charge on any atom is 0.326 e. The van der Waals surface area contributed by atoms with E-state index in [0.29, 0.717) is 12.1 Å². The second kappa shape index (κ2) is 5.98. The SMILES string of the molecule is CC[C@@H](NC(=O)Cc1ncccc1C)C(=O)O. The fraction of sp³-hybridized carbons (Fsp3) is 0.417. The Morgan fingerprint density at radius 2 is 2.24 bits per heavy atom. The molecule has 1 aromatic heterocycles. The van der Waals surface area contributed by atoms with E-state index in [0.717, 1.165) is 5.56 Å². The lowest BCUT2D eigenvalue weighted by Crippen LogP contribution is -2.41. The van der Waals surface area contributed by atoms with E-state index in [1.54, 1.807) is 19.2 Å². The predicted octanol–water partition coefficient (Wildman–Crippen LogP) is 0.912. The molecule has 0 aliphatic rings. The van der Waals surface area contributed by atoms with Gasteiger partial charge in [-0.25, -0.2) is 4.79 Å². The largest absolute Gasteiger partial charge is 0.480 e. The molecular weight excluding hydrogens is 220 g/mol. The molecule has 0 aliphatic heterocycles. The second-order valence-electron chi connectivity index (χ2n) is 3.81. The number of aromatic nitrogens is 1. The Kier molecular flexibility index (Phi) is 4.63. The van der Waals surface area contributed by atoms with Gasteiger partial charge in [-0.05, 0) is 25.0 Å². The highest BCUT2D eigenvalue weighted by Crippen LogP contribution is 2.04. The Balaban J connectivity index is 2.61. The average molecular weight is 236 g/mol. The van der Waals surface area contributed by atoms with Crippen molar-refractivity contribution >= 4 is 11.9 Å². The van der Waals surface area contributed by atoms with Crippen LogP contribution in [0.1, 0.15) is 24.6 Å². The van der Waals surface area contributed by atoms with Crippen molar-refractivity contribution in [2.75, 3.05) is 0 Å². The van der Waals surface area contributed by atoms with Crippen LogP contribution in [-0.2, 0) is 16.0 Å². The van der Waals surface area contributed by atoms with Gasteiger partial charge in [-0.3, -0.25) is 9.78 Å². The Labute approximate surface area is 99.9 Å². The standard InChI is InChI=1S/C12H16N2O3/c1-3-9(12(16)17)14-11(15)7-10-8(2)5-4-6-13-10/h4-6,9H,3,7H2,1-2H3,(H,14,15)(H,16,17)/t9-/m1/s1. The van der Waals surface area contributed by atoms with Crippen molar-refractivity contribution in [3.63, 3.8) is 0 Å². The number of amides is 1. The van der Waals surface area contributed by atoms with Gasteiger partial charge in [0.1, 0.15) is 6.04 Å². The van der Waals surface area contributed by atoms with Crippen LogP contribution in [0.5, 0.6) is 0 Å². The van der Waals surface area contributed by atoms with E-state index in [9.17, 15) is 9.59 Å². The number of aryl methyl sites for hydroxylation is 1. The number of carbonyl (C=O) groups is 2. The first-order chi connectivity index (χ1) is 8.04. The summed E-state index contributed by atoms with van der Waals surface area (Å²) in [6.45, 7) is 3.58. The molecular formula is C12H16N2O3. The van der Waals surface area contributed by atoms with Gasteiger partial charge in [-0.1, -0.05) is 13.0 Å². The quantitative estimate of drug-likeness (QED) is 0.796. The number of carbonyl (C=O) groups excluding carboxylic acids is 1. The zero-order chi connectivity index (χ0) is 12.8. The van der Waals surface area contributed by atoms with Gasteiger partial charge in [0.15, 0.2) is 0 Å². The van der Waals surface area contributed by atoms with E-state index >= 15 is 0 Å². The van der Waals surface area contributed by atoms with Crippen LogP contribution in [-0.4, -0.2) is 28.0 Å². The zero-order valence-electron chi connectivity index (χ0n) is 9.93. The van der Waals surface area contributed by atoms with Crippen LogP contribution >= 0.6 is 0 Å². The third-order valence-corrected chi connectivity index (χ3v) is 2.49. The van der Waals surface area contributed by atoms with E-state index in [4.69, 9.17) is 5.11 Å². The van der Waals surface area contributed by atoms with Crippen LogP contribution in [0, 0.1) is 6.92 Å². The molecule has 1 heterocycles. The molecule has 0 bridgehead atoms. The molecule has 17 heavy (non-hydrogen) atoms. The maximum atomic E-state index is 11.6. The minimum absolute atomic E-state index is 0.108. The van der Waals surface area contributed by atoms with Crippen LogP contribution in [0.2, 0.25) is 0 Å². The number of hydrogen-bond acceptors (Lipinski definition) is 3. The van der Waals surface area contributed by atoms with Crippen molar-refractivity contribution in [2.45, 2.75) is 32.7 Å². The minimum atomic E-state index is -1.02. The Bertz CT molecular complexity index is 418. The van der Waals surface area contributed by atoms with Gasteiger partial charge in [0.2, 0.25) is 5.91 Å². The zero-order valence-corrected chi connectivity index (χ0v) is 9.93. The Morgan fingerprint density at radius 1 is 1.53 bits per heavy atom. The van der Waals surface area contributed by atoms with Crippen molar-refractivity contribution < 1.29 is 14.7 Å². The van der Waals surface area contributed by atoms with E-state index in [1.165, 1.54) is 0 Å². The summed E-state index contributed by atoms with van der Waals surface area (Å²) in [7, 11) is 0. The molecule has 0 saturated carbocycles. The Hall–Kier alpha value is -1.91. The summed E-state index contributed by atoms with van der Waals surface area (Å²) in [4.78, 5) is 26.5. The van der Waals surface area contributed by atoms with Gasteiger partial charge in [0.25, 0.3) is 0 Å². The molecule has 92 valence electrons. The van der Waals surface area contributed by atoms with E-state index < -0.39 is 12.0 Å². The molecule has 1 amide bonds. The highest BCUT2D eigenvalue weighted by molar-refractivity contribution is 5.84. The van der Waals surface area contributed by atoms with Crippen LogP contribution in [0.15, 0.2) is 18.3 Å². The summed E-state index contributed by atoms with van der Waals surface area (Å²) in [6, 6.07) is 2.83. The fourth-order valence-corrected chi connectivity index (χ4v) is 1.44. The monoisotopic (exact) mass is 236 g/mol. The van der Waals surface area contributed by atoms with Crippen molar-refractivity contribution in [2.24, 2.45) is 0 Å². The number of nitrogens with zero attached hydrogens (tertiary/aromatic N) is 1. The smallest absolute Gasteiger partial charge is 0.326 e. The van der Waals surface area contributed by atoms with Crippen molar-refractivity contribution in [3.8, 4) is 0 Å². The van der Waals surface area contributed by atoms with Crippen LogP contribution < -0.4 is 5.32 Å². The van der Waals surface area contributed by atoms with Gasteiger partial charge in [-0.15, -0.1) is 0 Å². The first kappa shape index (κ1) is 13.2. The first-order valence-electron chi connectivity index (χ1n) is 5.47. The van der Waals surface area contributed by atoms with Crippen LogP contribution in [0.25, 0.3) is 0 Å². The lowest BCUT2D eigenvalue weighted by Gasteiger charge is -2.12. The fourth-order valence-electron chi connectivity index (χ4n) is 1.44. The van der Waals surface area contributed by atoms with Gasteiger partial charge in [0, 0.05) is 6.20 Å². The first-order valence-corrected chi connectivity index (χ1v) is 5.47. The number of hydrogen-bond donors (Lipinski definition) is 2. The summed E-state index contributed by atoms with van der Waals surface area (Å²) >= 11 is 0. The summed E-state index contributed by atoms with van der Waals surface area (Å²) in [5.74, 6) is -1.33. The number of pyridine rings is 1. The topological polar surface area (TPSA) is 79.3 Å². The summed E-state index contributed by atoms with van der Waals surface area (Å²) in [5.41, 5.74) is 1.59. The predicted molar refractivity (Wildman–Crippen MR) is 62.5 cm³/mol. The lowest BCUT2D eigenvalue weighted by atomic mass is 10.1. The normalized spacial score (nSPS) is 11.9. The third kappa shape index (κ3) is 3.86. The van der Waals surface area contributed by atoms with Gasteiger partial charge >= 0.3 is 5.97 Å². The summed E-state index contributed by atoms with van der Waals surface area (Å²) in [6.07, 6.45) is 2.09.